The fourth-order valence-corrected chi connectivity index (χ4v) is 10.7. The van der Waals surface area contributed by atoms with E-state index in [9.17, 15) is 0 Å². The first-order chi connectivity index (χ1) is 31.3. The predicted octanol–water partition coefficient (Wildman–Crippen LogP) is 14.9. The molecule has 0 spiro atoms. The van der Waals surface area contributed by atoms with E-state index in [1.54, 1.807) is 0 Å². The quantitative estimate of drug-likeness (QED) is 0.166. The van der Waals surface area contributed by atoms with E-state index in [-0.39, 0.29) is 0 Å². The molecular formula is C58H35N5. The van der Waals surface area contributed by atoms with Gasteiger partial charge in [0.1, 0.15) is 0 Å². The standard InChI is InChI=1S/C58H35N5/c1-3-17-38(18-4-1)61-48-27-10-7-22-44(48)51-56-52(45-23-8-11-28-49(45)62(56)39-19-5-2-6-20-39)58-53(57(51)61)46-24-9-12-29-50(46)63(58)40-21-13-16-36(34-40)37-30-31-41-42-25-14-32-59-54(42)55-43(47(41)35-37)26-15-33-60-55/h1-35H. The summed E-state index contributed by atoms with van der Waals surface area (Å²) in [5.74, 6) is 0. The largest absolute Gasteiger partial charge is 0.308 e. The summed E-state index contributed by atoms with van der Waals surface area (Å²) < 4.78 is 7.53. The van der Waals surface area contributed by atoms with Gasteiger partial charge in [-0.1, -0.05) is 127 Å². The van der Waals surface area contributed by atoms with Gasteiger partial charge in [0.05, 0.1) is 44.1 Å². The fourth-order valence-electron chi connectivity index (χ4n) is 10.7. The van der Waals surface area contributed by atoms with E-state index >= 15 is 0 Å². The molecule has 14 aromatic rings. The number of pyridine rings is 2. The lowest BCUT2D eigenvalue weighted by Gasteiger charge is -2.14. The van der Waals surface area contributed by atoms with Crippen molar-refractivity contribution in [2.75, 3.05) is 0 Å². The maximum absolute atomic E-state index is 4.83. The summed E-state index contributed by atoms with van der Waals surface area (Å²) in [4.78, 5) is 9.60. The number of hydrogen-bond donors (Lipinski definition) is 0. The number of nitrogens with zero attached hydrogens (tertiary/aromatic N) is 5. The summed E-state index contributed by atoms with van der Waals surface area (Å²) in [6.45, 7) is 0. The Bertz CT molecular complexity index is 4090. The van der Waals surface area contributed by atoms with Crippen LogP contribution in [0.1, 0.15) is 0 Å². The molecular weight excluding hydrogens is 767 g/mol. The highest BCUT2D eigenvalue weighted by Crippen LogP contribution is 2.50. The third-order valence-corrected chi connectivity index (χ3v) is 13.2. The van der Waals surface area contributed by atoms with Crippen molar-refractivity contribution in [3.05, 3.63) is 213 Å². The molecule has 5 aromatic heterocycles. The molecule has 0 aliphatic carbocycles. The Morgan fingerprint density at radius 2 is 0.683 bits per heavy atom. The lowest BCUT2D eigenvalue weighted by molar-refractivity contribution is 1.17. The van der Waals surface area contributed by atoms with Gasteiger partial charge in [0.25, 0.3) is 0 Å². The number of para-hydroxylation sites is 5. The SMILES string of the molecule is c1ccc(-n2c3ccccc3c3c2c2c4ccccc4n(-c4cccc(-c5ccc6c(c5)c5cccnc5c5ncccc65)c4)c2c2c4ccccc4n(-c4ccccc4)c32)cc1. The molecule has 0 saturated heterocycles. The van der Waals surface area contributed by atoms with Gasteiger partial charge >= 0.3 is 0 Å². The van der Waals surface area contributed by atoms with E-state index in [2.05, 4.69) is 202 Å². The van der Waals surface area contributed by atoms with E-state index in [0.717, 1.165) is 55.5 Å². The minimum absolute atomic E-state index is 0.926. The van der Waals surface area contributed by atoms with Crippen molar-refractivity contribution in [3.63, 3.8) is 0 Å². The van der Waals surface area contributed by atoms with Crippen LogP contribution in [0.2, 0.25) is 0 Å². The van der Waals surface area contributed by atoms with E-state index in [0.29, 0.717) is 0 Å². The van der Waals surface area contributed by atoms with Gasteiger partial charge in [0.2, 0.25) is 0 Å². The van der Waals surface area contributed by atoms with Crippen LogP contribution < -0.4 is 0 Å². The second kappa shape index (κ2) is 13.0. The zero-order valence-corrected chi connectivity index (χ0v) is 33.9. The first kappa shape index (κ1) is 34.2. The number of rotatable bonds is 4. The van der Waals surface area contributed by atoms with Crippen molar-refractivity contribution in [1.29, 1.82) is 0 Å². The van der Waals surface area contributed by atoms with Crippen molar-refractivity contribution < 1.29 is 0 Å². The van der Waals surface area contributed by atoms with Crippen LogP contribution in [0.3, 0.4) is 0 Å². The number of benzene rings is 9. The molecule has 0 N–H and O–H groups in total. The fraction of sp³-hybridized carbons (Fsp3) is 0. The zero-order valence-electron chi connectivity index (χ0n) is 33.9. The minimum atomic E-state index is 0.926. The molecule has 0 amide bonds. The third kappa shape index (κ3) is 4.71. The van der Waals surface area contributed by atoms with Crippen LogP contribution in [0.4, 0.5) is 0 Å². The summed E-state index contributed by atoms with van der Waals surface area (Å²) in [5, 5.41) is 11.9. The summed E-state index contributed by atoms with van der Waals surface area (Å²) in [6, 6.07) is 72.9. The number of fused-ring (bicyclic) bond motifs is 18. The van der Waals surface area contributed by atoms with Gasteiger partial charge in [-0.3, -0.25) is 9.97 Å². The van der Waals surface area contributed by atoms with Gasteiger partial charge in [-0.25, -0.2) is 0 Å². The lowest BCUT2D eigenvalue weighted by Crippen LogP contribution is -1.98. The Hall–Kier alpha value is -8.54. The van der Waals surface area contributed by atoms with Crippen molar-refractivity contribution in [2.24, 2.45) is 0 Å². The van der Waals surface area contributed by atoms with Gasteiger partial charge in [-0.05, 0) is 94.7 Å². The van der Waals surface area contributed by atoms with Crippen LogP contribution in [-0.4, -0.2) is 23.7 Å². The predicted molar refractivity (Wildman–Crippen MR) is 263 cm³/mol. The van der Waals surface area contributed by atoms with Gasteiger partial charge in [-0.15, -0.1) is 0 Å². The number of aromatic nitrogens is 5. The molecule has 63 heavy (non-hydrogen) atoms. The molecule has 0 fully saturated rings. The zero-order chi connectivity index (χ0) is 41.2. The minimum Gasteiger partial charge on any atom is -0.308 e. The Morgan fingerprint density at radius 3 is 1.21 bits per heavy atom. The van der Waals surface area contributed by atoms with E-state index in [1.807, 2.05) is 24.5 Å². The summed E-state index contributed by atoms with van der Waals surface area (Å²) in [7, 11) is 0. The molecule has 5 heterocycles. The van der Waals surface area contributed by atoms with Crippen LogP contribution >= 0.6 is 0 Å². The van der Waals surface area contributed by atoms with Gasteiger partial charge < -0.3 is 13.7 Å². The smallest absolute Gasteiger partial charge is 0.0970 e. The molecule has 9 aromatic carbocycles. The van der Waals surface area contributed by atoms with Gasteiger partial charge in [-0.2, -0.15) is 0 Å². The highest BCUT2D eigenvalue weighted by atomic mass is 15.0. The maximum atomic E-state index is 4.83. The van der Waals surface area contributed by atoms with Crippen LogP contribution in [-0.2, 0) is 0 Å². The normalized spacial score (nSPS) is 12.1. The van der Waals surface area contributed by atoms with Crippen molar-refractivity contribution >= 4 is 98.0 Å². The Kier molecular flexibility index (Phi) is 7.05. The monoisotopic (exact) mass is 801 g/mol. The summed E-state index contributed by atoms with van der Waals surface area (Å²) in [5.41, 5.74) is 14.6. The van der Waals surface area contributed by atoms with Crippen molar-refractivity contribution in [1.82, 2.24) is 23.7 Å². The van der Waals surface area contributed by atoms with E-state index < -0.39 is 0 Å². The van der Waals surface area contributed by atoms with E-state index in [1.165, 1.54) is 70.7 Å². The Morgan fingerprint density at radius 1 is 0.270 bits per heavy atom. The molecule has 5 heteroatoms. The Labute approximate surface area is 360 Å². The second-order valence-corrected chi connectivity index (χ2v) is 16.5. The number of hydrogen-bond acceptors (Lipinski definition) is 2. The first-order valence-electron chi connectivity index (χ1n) is 21.5. The van der Waals surface area contributed by atoms with Crippen LogP contribution in [0.15, 0.2) is 213 Å². The Balaban J connectivity index is 1.16. The molecule has 0 bridgehead atoms. The van der Waals surface area contributed by atoms with Crippen LogP contribution in [0.25, 0.3) is 126 Å². The molecule has 0 aliphatic heterocycles. The van der Waals surface area contributed by atoms with Crippen LogP contribution in [0, 0.1) is 0 Å². The molecule has 0 aliphatic rings. The van der Waals surface area contributed by atoms with Crippen molar-refractivity contribution in [3.8, 4) is 28.2 Å². The molecule has 0 radical (unpaired) electrons. The molecule has 0 unspecified atom stereocenters. The summed E-state index contributed by atoms with van der Waals surface area (Å²) >= 11 is 0. The van der Waals surface area contributed by atoms with Gasteiger partial charge in [0, 0.05) is 72.5 Å². The highest BCUT2D eigenvalue weighted by molar-refractivity contribution is 6.40. The summed E-state index contributed by atoms with van der Waals surface area (Å²) in [6.07, 6.45) is 3.72. The maximum Gasteiger partial charge on any atom is 0.0970 e. The first-order valence-corrected chi connectivity index (χ1v) is 21.5. The van der Waals surface area contributed by atoms with Crippen molar-refractivity contribution in [2.45, 2.75) is 0 Å². The van der Waals surface area contributed by atoms with Crippen LogP contribution in [0.5, 0.6) is 0 Å². The van der Waals surface area contributed by atoms with Gasteiger partial charge in [0.15, 0.2) is 0 Å². The average molecular weight is 802 g/mol. The molecule has 0 atom stereocenters. The molecule has 14 rings (SSSR count). The molecule has 5 nitrogen and oxygen atoms in total. The molecule has 0 saturated carbocycles. The topological polar surface area (TPSA) is 40.6 Å². The third-order valence-electron chi connectivity index (χ3n) is 13.2. The highest BCUT2D eigenvalue weighted by Gasteiger charge is 2.28. The average Bonchev–Trinajstić information content (AvgIpc) is 4.01. The second-order valence-electron chi connectivity index (χ2n) is 16.5. The molecule has 292 valence electrons. The van der Waals surface area contributed by atoms with E-state index in [4.69, 9.17) is 9.97 Å². The lowest BCUT2D eigenvalue weighted by atomic mass is 9.95.